The Morgan fingerprint density at radius 1 is 1.06 bits per heavy atom. The summed E-state index contributed by atoms with van der Waals surface area (Å²) in [5.41, 5.74) is 3.21. The van der Waals surface area contributed by atoms with Gasteiger partial charge in [-0.15, -0.1) is 10.2 Å². The molecule has 172 valence electrons. The van der Waals surface area contributed by atoms with Gasteiger partial charge in [-0.2, -0.15) is 5.10 Å². The van der Waals surface area contributed by atoms with E-state index >= 15 is 0 Å². The van der Waals surface area contributed by atoms with Crippen molar-refractivity contribution in [3.63, 3.8) is 0 Å². The summed E-state index contributed by atoms with van der Waals surface area (Å²) < 4.78 is 2.14. The van der Waals surface area contributed by atoms with Crippen LogP contribution in [0.25, 0.3) is 0 Å². The van der Waals surface area contributed by atoms with Crippen LogP contribution in [0, 0.1) is 0 Å². The molecule has 0 unspecified atom stereocenters. The Balaban J connectivity index is 1.50. The van der Waals surface area contributed by atoms with Crippen molar-refractivity contribution in [2.45, 2.75) is 37.5 Å². The molecule has 2 aromatic carbocycles. The van der Waals surface area contributed by atoms with E-state index in [1.165, 1.54) is 17.3 Å². The molecular formula is C25H30N6OS. The highest BCUT2D eigenvalue weighted by Crippen LogP contribution is 2.27. The number of hydrogen-bond donors (Lipinski definition) is 0. The topological polar surface area (TPSA) is 66.6 Å². The van der Waals surface area contributed by atoms with E-state index in [4.69, 9.17) is 0 Å². The lowest BCUT2D eigenvalue weighted by Crippen LogP contribution is -2.25. The average molecular weight is 463 g/mol. The van der Waals surface area contributed by atoms with Crippen LogP contribution >= 0.6 is 11.8 Å². The lowest BCUT2D eigenvalue weighted by molar-refractivity contribution is -0.127. The molecule has 0 aliphatic carbocycles. The van der Waals surface area contributed by atoms with Gasteiger partial charge in [0, 0.05) is 6.42 Å². The van der Waals surface area contributed by atoms with Gasteiger partial charge >= 0.3 is 0 Å². The maximum absolute atomic E-state index is 12.9. The van der Waals surface area contributed by atoms with E-state index < -0.39 is 0 Å². The molecule has 0 spiro atoms. The number of aromatic nitrogens is 3. The Hall–Kier alpha value is -2.97. The maximum atomic E-state index is 12.9. The molecule has 0 radical (unpaired) electrons. The summed E-state index contributed by atoms with van der Waals surface area (Å²) >= 11 is 1.43. The Kier molecular flexibility index (Phi) is 7.57. The van der Waals surface area contributed by atoms with Crippen molar-refractivity contribution in [1.29, 1.82) is 0 Å². The third-order valence-corrected chi connectivity index (χ3v) is 6.71. The van der Waals surface area contributed by atoms with Crippen LogP contribution in [-0.2, 0) is 11.3 Å². The minimum Gasteiger partial charge on any atom is -0.300 e. The maximum Gasteiger partial charge on any atom is 0.253 e. The van der Waals surface area contributed by atoms with Crippen molar-refractivity contribution in [3.05, 3.63) is 77.6 Å². The molecule has 1 atom stereocenters. The fraction of sp³-hybridized carbons (Fsp3) is 0.360. The summed E-state index contributed by atoms with van der Waals surface area (Å²) in [7, 11) is 4.11. The van der Waals surface area contributed by atoms with Crippen LogP contribution in [0.3, 0.4) is 0 Å². The predicted octanol–water partition coefficient (Wildman–Crippen LogP) is 4.07. The summed E-state index contributed by atoms with van der Waals surface area (Å²) in [6.45, 7) is 3.44. The molecule has 33 heavy (non-hydrogen) atoms. The zero-order chi connectivity index (χ0) is 23.2. The Bertz CT molecular complexity index is 1100. The molecule has 8 heteroatoms. The molecule has 0 saturated carbocycles. The highest BCUT2D eigenvalue weighted by molar-refractivity contribution is 7.99. The van der Waals surface area contributed by atoms with Crippen molar-refractivity contribution in [2.75, 3.05) is 26.4 Å². The molecule has 1 aliphatic heterocycles. The molecule has 0 N–H and O–H groups in total. The molecule has 4 rings (SSSR count). The standard InChI is InChI=1S/C25H30N6OS/c1-4-22(29(2)3)24-26-27-25(30(24)17-19-11-7-5-8-12-19)33-18-23(32)31-16-15-21(28-31)20-13-9-6-10-14-20/h5-14,22H,4,15-18H2,1-3H3/t22-/m1/s1. The molecule has 1 aromatic heterocycles. The first-order valence-electron chi connectivity index (χ1n) is 11.3. The van der Waals surface area contributed by atoms with Crippen LogP contribution < -0.4 is 0 Å². The van der Waals surface area contributed by atoms with E-state index in [0.717, 1.165) is 35.1 Å². The Morgan fingerprint density at radius 2 is 1.76 bits per heavy atom. The van der Waals surface area contributed by atoms with Gasteiger partial charge in [-0.25, -0.2) is 5.01 Å². The van der Waals surface area contributed by atoms with Gasteiger partial charge in [-0.1, -0.05) is 79.3 Å². The van der Waals surface area contributed by atoms with Gasteiger partial charge in [0.05, 0.1) is 30.6 Å². The second-order valence-corrected chi connectivity index (χ2v) is 9.21. The number of carbonyl (C=O) groups excluding carboxylic acids is 1. The lowest BCUT2D eigenvalue weighted by atomic mass is 10.1. The fourth-order valence-corrected chi connectivity index (χ4v) is 4.83. The zero-order valence-corrected chi connectivity index (χ0v) is 20.2. The summed E-state index contributed by atoms with van der Waals surface area (Å²) in [5, 5.41) is 15.9. The number of carbonyl (C=O) groups is 1. The van der Waals surface area contributed by atoms with E-state index in [9.17, 15) is 4.79 Å². The number of amides is 1. The third kappa shape index (κ3) is 5.51. The van der Waals surface area contributed by atoms with Crippen molar-refractivity contribution < 1.29 is 4.79 Å². The van der Waals surface area contributed by atoms with Gasteiger partial charge in [0.1, 0.15) is 0 Å². The summed E-state index contributed by atoms with van der Waals surface area (Å²) in [6, 6.07) is 20.5. The predicted molar refractivity (Wildman–Crippen MR) is 132 cm³/mol. The number of nitrogens with zero attached hydrogens (tertiary/aromatic N) is 6. The quantitative estimate of drug-likeness (QED) is 0.449. The summed E-state index contributed by atoms with van der Waals surface area (Å²) in [4.78, 5) is 15.1. The van der Waals surface area contributed by atoms with Gasteiger partial charge in [0.2, 0.25) is 0 Å². The van der Waals surface area contributed by atoms with E-state index in [0.29, 0.717) is 13.1 Å². The second kappa shape index (κ2) is 10.8. The number of thioether (sulfide) groups is 1. The number of hydrogen-bond acceptors (Lipinski definition) is 6. The molecular weight excluding hydrogens is 432 g/mol. The number of rotatable bonds is 9. The fourth-order valence-electron chi connectivity index (χ4n) is 4.02. The molecule has 1 aliphatic rings. The van der Waals surface area contributed by atoms with Gasteiger partial charge < -0.3 is 4.57 Å². The highest BCUT2D eigenvalue weighted by Gasteiger charge is 2.25. The monoisotopic (exact) mass is 462 g/mol. The third-order valence-electron chi connectivity index (χ3n) is 5.76. The van der Waals surface area contributed by atoms with E-state index in [1.54, 1.807) is 5.01 Å². The molecule has 0 saturated heterocycles. The largest absolute Gasteiger partial charge is 0.300 e. The Morgan fingerprint density at radius 3 is 2.42 bits per heavy atom. The van der Waals surface area contributed by atoms with Crippen LogP contribution in [-0.4, -0.2) is 62.7 Å². The molecule has 0 bridgehead atoms. The first kappa shape index (κ1) is 23.2. The van der Waals surface area contributed by atoms with E-state index in [2.05, 4.69) is 57.9 Å². The van der Waals surface area contributed by atoms with Gasteiger partial charge in [0.15, 0.2) is 11.0 Å². The average Bonchev–Trinajstić information content (AvgIpc) is 3.48. The normalized spacial score (nSPS) is 14.5. The van der Waals surface area contributed by atoms with Crippen LogP contribution in [0.15, 0.2) is 70.9 Å². The van der Waals surface area contributed by atoms with Crippen LogP contribution in [0.4, 0.5) is 0 Å². The van der Waals surface area contributed by atoms with E-state index in [-0.39, 0.29) is 17.7 Å². The molecule has 2 heterocycles. The minimum absolute atomic E-state index is 0.0126. The van der Waals surface area contributed by atoms with Gasteiger partial charge in [-0.05, 0) is 31.6 Å². The van der Waals surface area contributed by atoms with E-state index in [1.807, 2.05) is 48.5 Å². The van der Waals surface area contributed by atoms with Crippen molar-refractivity contribution in [3.8, 4) is 0 Å². The first-order valence-corrected chi connectivity index (χ1v) is 12.2. The molecule has 3 aromatic rings. The first-order chi connectivity index (χ1) is 16.1. The summed E-state index contributed by atoms with van der Waals surface area (Å²) in [6.07, 6.45) is 1.70. The van der Waals surface area contributed by atoms with Crippen LogP contribution in [0.5, 0.6) is 0 Å². The van der Waals surface area contributed by atoms with Crippen molar-refractivity contribution in [1.82, 2.24) is 24.7 Å². The molecule has 0 fully saturated rings. The van der Waals surface area contributed by atoms with Gasteiger partial charge in [0.25, 0.3) is 5.91 Å². The highest BCUT2D eigenvalue weighted by atomic mass is 32.2. The smallest absolute Gasteiger partial charge is 0.253 e. The second-order valence-electron chi connectivity index (χ2n) is 8.27. The summed E-state index contributed by atoms with van der Waals surface area (Å²) in [5.74, 6) is 1.19. The Labute approximate surface area is 199 Å². The number of benzene rings is 2. The van der Waals surface area contributed by atoms with Crippen LogP contribution in [0.2, 0.25) is 0 Å². The minimum atomic E-state index is -0.0126. The van der Waals surface area contributed by atoms with Crippen molar-refractivity contribution >= 4 is 23.4 Å². The molecule has 1 amide bonds. The lowest BCUT2D eigenvalue weighted by Gasteiger charge is -2.23. The SMILES string of the molecule is CC[C@H](c1nnc(SCC(=O)N2CCC(c3ccccc3)=N2)n1Cc1ccccc1)N(C)C. The van der Waals surface area contributed by atoms with Crippen LogP contribution in [0.1, 0.15) is 42.8 Å². The number of hydrazone groups is 1. The van der Waals surface area contributed by atoms with Crippen molar-refractivity contribution in [2.24, 2.45) is 5.10 Å². The molecule has 7 nitrogen and oxygen atoms in total. The zero-order valence-electron chi connectivity index (χ0n) is 19.4. The van der Waals surface area contributed by atoms with Gasteiger partial charge in [-0.3, -0.25) is 9.69 Å².